The van der Waals surface area contributed by atoms with E-state index in [0.29, 0.717) is 13.1 Å². The van der Waals surface area contributed by atoms with Crippen molar-refractivity contribution in [1.82, 2.24) is 20.4 Å². The van der Waals surface area contributed by atoms with E-state index in [-0.39, 0.29) is 51.1 Å². The van der Waals surface area contributed by atoms with Gasteiger partial charge in [0.2, 0.25) is 11.8 Å². The molecule has 10 nitrogen and oxygen atoms in total. The van der Waals surface area contributed by atoms with Gasteiger partial charge >= 0.3 is 11.9 Å². The second-order valence-corrected chi connectivity index (χ2v) is 5.91. The molecule has 2 amide bonds. The van der Waals surface area contributed by atoms with Crippen LogP contribution in [0.2, 0.25) is 0 Å². The van der Waals surface area contributed by atoms with E-state index in [1.54, 1.807) is 0 Å². The van der Waals surface area contributed by atoms with Gasteiger partial charge in [0.25, 0.3) is 0 Å². The van der Waals surface area contributed by atoms with Crippen LogP contribution in [0.25, 0.3) is 0 Å². The van der Waals surface area contributed by atoms with Crippen LogP contribution >= 0.6 is 0 Å². The molecule has 0 aromatic rings. The first kappa shape index (κ1) is 23.8. The maximum absolute atomic E-state index is 11.8. The van der Waals surface area contributed by atoms with Crippen molar-refractivity contribution in [2.24, 2.45) is 0 Å². The Balaban J connectivity index is 4.69. The van der Waals surface area contributed by atoms with Gasteiger partial charge < -0.3 is 20.8 Å². The molecule has 10 heteroatoms. The monoisotopic (exact) mass is 374 g/mol. The molecule has 0 rings (SSSR count). The summed E-state index contributed by atoms with van der Waals surface area (Å²) in [4.78, 5) is 48.4. The summed E-state index contributed by atoms with van der Waals surface area (Å²) in [5.41, 5.74) is 0. The molecule has 26 heavy (non-hydrogen) atoms. The Bertz CT molecular complexity index is 430. The molecule has 0 spiro atoms. The third-order valence-corrected chi connectivity index (χ3v) is 3.33. The Morgan fingerprint density at radius 1 is 0.692 bits per heavy atom. The number of nitrogens with one attached hydrogen (secondary N) is 2. The van der Waals surface area contributed by atoms with Crippen molar-refractivity contribution in [3.05, 3.63) is 0 Å². The zero-order chi connectivity index (χ0) is 19.9. The highest BCUT2D eigenvalue weighted by Gasteiger charge is 2.18. The summed E-state index contributed by atoms with van der Waals surface area (Å²) in [6.07, 6.45) is 1.54. The smallest absolute Gasteiger partial charge is 0.317 e. The summed E-state index contributed by atoms with van der Waals surface area (Å²) in [5, 5.41) is 23.3. The molecule has 0 heterocycles. The average Bonchev–Trinajstić information content (AvgIpc) is 2.54. The van der Waals surface area contributed by atoms with Crippen LogP contribution in [0, 0.1) is 0 Å². The lowest BCUT2D eigenvalue weighted by atomic mass is 10.3. The predicted octanol–water partition coefficient (Wildman–Crippen LogP) is -1.19. The van der Waals surface area contributed by atoms with Crippen molar-refractivity contribution in [3.63, 3.8) is 0 Å². The molecule has 150 valence electrons. The minimum atomic E-state index is -1.08. The summed E-state index contributed by atoms with van der Waals surface area (Å²) in [6.45, 7) is 4.23. The molecule has 0 saturated carbocycles. The van der Waals surface area contributed by atoms with Crippen molar-refractivity contribution in [2.75, 3.05) is 52.4 Å². The number of hydrogen-bond donors (Lipinski definition) is 4. The van der Waals surface area contributed by atoms with Crippen molar-refractivity contribution in [2.45, 2.75) is 26.7 Å². The highest BCUT2D eigenvalue weighted by molar-refractivity contribution is 5.79. The third-order valence-electron chi connectivity index (χ3n) is 3.33. The van der Waals surface area contributed by atoms with Crippen LogP contribution < -0.4 is 10.6 Å². The first-order chi connectivity index (χ1) is 12.3. The molecule has 4 N–H and O–H groups in total. The van der Waals surface area contributed by atoms with Crippen LogP contribution in [0.15, 0.2) is 0 Å². The fourth-order valence-corrected chi connectivity index (χ4v) is 2.14. The number of carboxylic acid groups (broad SMARTS) is 2. The van der Waals surface area contributed by atoms with Gasteiger partial charge in [0.1, 0.15) is 0 Å². The maximum atomic E-state index is 11.8. The molecule has 0 aromatic heterocycles. The molecule has 0 unspecified atom stereocenters. The number of carbonyl (C=O) groups excluding carboxylic acids is 2. The van der Waals surface area contributed by atoms with Crippen molar-refractivity contribution < 1.29 is 29.4 Å². The van der Waals surface area contributed by atoms with E-state index in [1.807, 2.05) is 13.8 Å². The van der Waals surface area contributed by atoms with E-state index in [2.05, 4.69) is 10.6 Å². The molecular weight excluding hydrogens is 344 g/mol. The van der Waals surface area contributed by atoms with Crippen LogP contribution in [-0.4, -0.2) is 96.1 Å². The summed E-state index contributed by atoms with van der Waals surface area (Å²) >= 11 is 0. The second-order valence-electron chi connectivity index (χ2n) is 5.91. The van der Waals surface area contributed by atoms with Crippen LogP contribution in [0.1, 0.15) is 26.7 Å². The minimum Gasteiger partial charge on any atom is -0.480 e. The molecule has 0 bridgehead atoms. The standard InChI is InChI=1S/C16H30N4O6/c1-3-5-17-13(21)9-19(11-15(23)24)7-8-20(12-16(25)26)10-14(22)18-6-4-2/h3-12H2,1-2H3,(H,17,21)(H,18,22)(H,23,24)(H,25,26). The van der Waals surface area contributed by atoms with E-state index in [0.717, 1.165) is 12.8 Å². The van der Waals surface area contributed by atoms with Crippen LogP contribution in [0.5, 0.6) is 0 Å². The first-order valence-electron chi connectivity index (χ1n) is 8.70. The van der Waals surface area contributed by atoms with Crippen LogP contribution in [-0.2, 0) is 19.2 Å². The maximum Gasteiger partial charge on any atom is 0.317 e. The molecule has 0 aliphatic heterocycles. The zero-order valence-corrected chi connectivity index (χ0v) is 15.5. The van der Waals surface area contributed by atoms with Crippen molar-refractivity contribution in [1.29, 1.82) is 0 Å². The van der Waals surface area contributed by atoms with Crippen LogP contribution in [0.4, 0.5) is 0 Å². The summed E-state index contributed by atoms with van der Waals surface area (Å²) < 4.78 is 0. The summed E-state index contributed by atoms with van der Waals surface area (Å²) in [5.74, 6) is -2.75. The van der Waals surface area contributed by atoms with Gasteiger partial charge in [-0.25, -0.2) is 0 Å². The van der Waals surface area contributed by atoms with Gasteiger partial charge in [0.15, 0.2) is 0 Å². The summed E-state index contributed by atoms with van der Waals surface area (Å²) in [6, 6.07) is 0. The van der Waals surface area contributed by atoms with E-state index in [1.165, 1.54) is 9.80 Å². The number of amides is 2. The Kier molecular flexibility index (Phi) is 12.8. The van der Waals surface area contributed by atoms with E-state index >= 15 is 0 Å². The molecule has 0 atom stereocenters. The SMILES string of the molecule is CCCNC(=O)CN(CCN(CC(=O)O)CC(=O)NCCC)CC(=O)O. The molecule has 0 saturated heterocycles. The molecule has 0 aromatic carbocycles. The zero-order valence-electron chi connectivity index (χ0n) is 15.5. The molecular formula is C16H30N4O6. The van der Waals surface area contributed by atoms with E-state index in [9.17, 15) is 19.2 Å². The molecule has 0 radical (unpaired) electrons. The van der Waals surface area contributed by atoms with Crippen molar-refractivity contribution in [3.8, 4) is 0 Å². The van der Waals surface area contributed by atoms with Gasteiger partial charge in [-0.1, -0.05) is 13.8 Å². The topological polar surface area (TPSA) is 139 Å². The quantitative estimate of drug-likeness (QED) is 0.281. The van der Waals surface area contributed by atoms with E-state index < -0.39 is 11.9 Å². The predicted molar refractivity (Wildman–Crippen MR) is 94.8 cm³/mol. The highest BCUT2D eigenvalue weighted by atomic mass is 16.4. The normalized spacial score (nSPS) is 10.8. The number of hydrogen-bond acceptors (Lipinski definition) is 6. The first-order valence-corrected chi connectivity index (χ1v) is 8.70. The lowest BCUT2D eigenvalue weighted by Gasteiger charge is -2.25. The van der Waals surface area contributed by atoms with Crippen molar-refractivity contribution >= 4 is 23.8 Å². The molecule has 0 aliphatic carbocycles. The van der Waals surface area contributed by atoms with Gasteiger partial charge in [-0.3, -0.25) is 29.0 Å². The summed E-state index contributed by atoms with van der Waals surface area (Å²) in [7, 11) is 0. The van der Waals surface area contributed by atoms with Crippen LogP contribution in [0.3, 0.4) is 0 Å². The highest BCUT2D eigenvalue weighted by Crippen LogP contribution is 1.95. The fourth-order valence-electron chi connectivity index (χ4n) is 2.14. The third kappa shape index (κ3) is 13.1. The Hall–Kier alpha value is -2.20. The fraction of sp³-hybridized carbons (Fsp3) is 0.750. The second kappa shape index (κ2) is 14.0. The van der Waals surface area contributed by atoms with E-state index in [4.69, 9.17) is 10.2 Å². The Morgan fingerprint density at radius 2 is 1.04 bits per heavy atom. The van der Waals surface area contributed by atoms with Gasteiger partial charge in [-0.15, -0.1) is 0 Å². The largest absolute Gasteiger partial charge is 0.480 e. The number of rotatable bonds is 15. The van der Waals surface area contributed by atoms with Gasteiger partial charge in [0, 0.05) is 26.2 Å². The average molecular weight is 374 g/mol. The minimum absolute atomic E-state index is 0.102. The lowest BCUT2D eigenvalue weighted by molar-refractivity contribution is -0.141. The number of nitrogens with zero attached hydrogens (tertiary/aromatic N) is 2. The van der Waals surface area contributed by atoms with Gasteiger partial charge in [-0.2, -0.15) is 0 Å². The van der Waals surface area contributed by atoms with Gasteiger partial charge in [-0.05, 0) is 12.8 Å². The molecule has 0 fully saturated rings. The number of carboxylic acids is 2. The number of carbonyl (C=O) groups is 4. The van der Waals surface area contributed by atoms with Gasteiger partial charge in [0.05, 0.1) is 26.2 Å². The Labute approximate surface area is 153 Å². The number of aliphatic carboxylic acids is 2. The lowest BCUT2D eigenvalue weighted by Crippen LogP contribution is -2.46. The Morgan fingerprint density at radius 3 is 1.31 bits per heavy atom. The molecule has 0 aliphatic rings.